The van der Waals surface area contributed by atoms with E-state index in [9.17, 15) is 9.59 Å². The SMILES string of the molecule is CSc1ccc(-c2cccc(C(=O)NCC(=O)NC3CCCCCC3)c2)cc1. The van der Waals surface area contributed by atoms with Gasteiger partial charge in [0.05, 0.1) is 6.54 Å². The maximum absolute atomic E-state index is 12.5. The molecule has 0 bridgehead atoms. The Bertz CT molecular complexity index is 797. The highest BCUT2D eigenvalue weighted by Gasteiger charge is 2.15. The molecule has 2 aromatic rings. The Kier molecular flexibility index (Phi) is 7.54. The average molecular weight is 397 g/mol. The van der Waals surface area contributed by atoms with Gasteiger partial charge in [-0.15, -0.1) is 11.8 Å². The molecule has 1 aliphatic carbocycles. The van der Waals surface area contributed by atoms with E-state index in [1.165, 1.54) is 30.6 Å². The van der Waals surface area contributed by atoms with E-state index >= 15 is 0 Å². The Morgan fingerprint density at radius 1 is 0.964 bits per heavy atom. The summed E-state index contributed by atoms with van der Waals surface area (Å²) < 4.78 is 0. The molecule has 1 aliphatic rings. The molecule has 0 radical (unpaired) electrons. The van der Waals surface area contributed by atoms with Crippen molar-refractivity contribution < 1.29 is 9.59 Å². The highest BCUT2D eigenvalue weighted by molar-refractivity contribution is 7.98. The zero-order valence-corrected chi connectivity index (χ0v) is 17.2. The van der Waals surface area contributed by atoms with Crippen molar-refractivity contribution in [1.82, 2.24) is 10.6 Å². The summed E-state index contributed by atoms with van der Waals surface area (Å²) in [7, 11) is 0. The summed E-state index contributed by atoms with van der Waals surface area (Å²) in [4.78, 5) is 25.9. The van der Waals surface area contributed by atoms with Gasteiger partial charge in [-0.05, 0) is 54.5 Å². The third-order valence-corrected chi connectivity index (χ3v) is 5.92. The van der Waals surface area contributed by atoms with Crippen LogP contribution in [0.1, 0.15) is 48.9 Å². The standard InChI is InChI=1S/C23H28N2O2S/c1-28-21-13-11-17(12-14-21)18-7-6-8-19(15-18)23(27)24-16-22(26)25-20-9-4-2-3-5-10-20/h6-8,11-15,20H,2-5,9-10,16H2,1H3,(H,24,27)(H,25,26). The lowest BCUT2D eigenvalue weighted by Gasteiger charge is -2.16. The number of thioether (sulfide) groups is 1. The molecule has 148 valence electrons. The van der Waals surface area contributed by atoms with E-state index in [1.54, 1.807) is 17.8 Å². The van der Waals surface area contributed by atoms with Crippen molar-refractivity contribution in [3.05, 3.63) is 54.1 Å². The molecule has 28 heavy (non-hydrogen) atoms. The van der Waals surface area contributed by atoms with E-state index in [0.29, 0.717) is 5.56 Å². The number of carbonyl (C=O) groups is 2. The summed E-state index contributed by atoms with van der Waals surface area (Å²) >= 11 is 1.70. The molecule has 0 spiro atoms. The predicted molar refractivity (Wildman–Crippen MR) is 116 cm³/mol. The zero-order valence-electron chi connectivity index (χ0n) is 16.4. The minimum atomic E-state index is -0.224. The van der Waals surface area contributed by atoms with Crippen LogP contribution in [0, 0.1) is 0 Å². The van der Waals surface area contributed by atoms with Crippen LogP contribution in [0.3, 0.4) is 0 Å². The Balaban J connectivity index is 1.55. The second-order valence-electron chi connectivity index (χ2n) is 7.25. The molecule has 5 heteroatoms. The van der Waals surface area contributed by atoms with Crippen molar-refractivity contribution in [2.75, 3.05) is 12.8 Å². The van der Waals surface area contributed by atoms with Gasteiger partial charge in [-0.2, -0.15) is 0 Å². The van der Waals surface area contributed by atoms with Gasteiger partial charge in [0.25, 0.3) is 5.91 Å². The predicted octanol–water partition coefficient (Wildman–Crippen LogP) is 4.64. The molecule has 3 rings (SSSR count). The molecule has 2 N–H and O–H groups in total. The molecule has 2 amide bonds. The van der Waals surface area contributed by atoms with Crippen LogP contribution in [0.2, 0.25) is 0 Å². The van der Waals surface area contributed by atoms with E-state index in [4.69, 9.17) is 0 Å². The lowest BCUT2D eigenvalue weighted by atomic mass is 10.0. The fourth-order valence-corrected chi connectivity index (χ4v) is 4.00. The van der Waals surface area contributed by atoms with Gasteiger partial charge in [-0.3, -0.25) is 9.59 Å². The number of hydrogen-bond donors (Lipinski definition) is 2. The van der Waals surface area contributed by atoms with E-state index in [0.717, 1.165) is 24.0 Å². The van der Waals surface area contributed by atoms with Gasteiger partial charge in [0, 0.05) is 16.5 Å². The molecule has 0 saturated heterocycles. The molecule has 0 aromatic heterocycles. The summed E-state index contributed by atoms with van der Waals surface area (Å²) in [5.74, 6) is -0.331. The maximum Gasteiger partial charge on any atom is 0.251 e. The highest BCUT2D eigenvalue weighted by Crippen LogP contribution is 2.24. The van der Waals surface area contributed by atoms with Gasteiger partial charge in [0.2, 0.25) is 5.91 Å². The summed E-state index contributed by atoms with van der Waals surface area (Å²) in [6.07, 6.45) is 8.96. The number of benzene rings is 2. The minimum absolute atomic E-state index is 0.0159. The van der Waals surface area contributed by atoms with Crippen LogP contribution in [-0.4, -0.2) is 30.7 Å². The second kappa shape index (κ2) is 10.3. The Morgan fingerprint density at radius 2 is 1.68 bits per heavy atom. The lowest BCUT2D eigenvalue weighted by Crippen LogP contribution is -2.41. The van der Waals surface area contributed by atoms with Crippen LogP contribution >= 0.6 is 11.8 Å². The first-order chi connectivity index (χ1) is 13.7. The van der Waals surface area contributed by atoms with Gasteiger partial charge in [0.1, 0.15) is 0 Å². The number of hydrogen-bond acceptors (Lipinski definition) is 3. The molecule has 2 aromatic carbocycles. The van der Waals surface area contributed by atoms with Crippen LogP contribution < -0.4 is 10.6 Å². The molecule has 0 heterocycles. The van der Waals surface area contributed by atoms with Gasteiger partial charge in [-0.1, -0.05) is 49.9 Å². The molecular weight excluding hydrogens is 368 g/mol. The number of nitrogens with one attached hydrogen (secondary N) is 2. The third kappa shape index (κ3) is 5.86. The van der Waals surface area contributed by atoms with Crippen LogP contribution in [0.5, 0.6) is 0 Å². The van der Waals surface area contributed by atoms with Crippen molar-refractivity contribution in [3.63, 3.8) is 0 Å². The lowest BCUT2D eigenvalue weighted by molar-refractivity contribution is -0.120. The molecule has 0 atom stereocenters. The van der Waals surface area contributed by atoms with Gasteiger partial charge >= 0.3 is 0 Å². The van der Waals surface area contributed by atoms with Crippen molar-refractivity contribution >= 4 is 23.6 Å². The number of rotatable bonds is 6. The monoisotopic (exact) mass is 396 g/mol. The van der Waals surface area contributed by atoms with E-state index < -0.39 is 0 Å². The Labute approximate surface area is 171 Å². The maximum atomic E-state index is 12.5. The van der Waals surface area contributed by atoms with Gasteiger partial charge in [-0.25, -0.2) is 0 Å². The summed E-state index contributed by atoms with van der Waals surface area (Å²) in [5.41, 5.74) is 2.62. The zero-order chi connectivity index (χ0) is 19.8. The second-order valence-corrected chi connectivity index (χ2v) is 8.13. The molecule has 1 fully saturated rings. The largest absolute Gasteiger partial charge is 0.352 e. The Hall–Kier alpha value is -2.27. The number of amides is 2. The topological polar surface area (TPSA) is 58.2 Å². The third-order valence-electron chi connectivity index (χ3n) is 5.18. The van der Waals surface area contributed by atoms with Gasteiger partial charge < -0.3 is 10.6 Å². The highest BCUT2D eigenvalue weighted by atomic mass is 32.2. The summed E-state index contributed by atoms with van der Waals surface area (Å²) in [5, 5.41) is 5.80. The van der Waals surface area contributed by atoms with E-state index in [-0.39, 0.29) is 24.4 Å². The smallest absolute Gasteiger partial charge is 0.251 e. The fraction of sp³-hybridized carbons (Fsp3) is 0.391. The van der Waals surface area contributed by atoms with Crippen LogP contribution in [-0.2, 0) is 4.79 Å². The van der Waals surface area contributed by atoms with Crippen LogP contribution in [0.4, 0.5) is 0 Å². The van der Waals surface area contributed by atoms with E-state index in [1.807, 2.05) is 24.5 Å². The normalized spacial score (nSPS) is 14.9. The molecular formula is C23H28N2O2S. The Morgan fingerprint density at radius 3 is 2.36 bits per heavy atom. The van der Waals surface area contributed by atoms with Gasteiger partial charge in [0.15, 0.2) is 0 Å². The van der Waals surface area contributed by atoms with Crippen molar-refractivity contribution in [3.8, 4) is 11.1 Å². The van der Waals surface area contributed by atoms with E-state index in [2.05, 4.69) is 34.9 Å². The molecule has 0 unspecified atom stereocenters. The van der Waals surface area contributed by atoms with Crippen molar-refractivity contribution in [2.24, 2.45) is 0 Å². The van der Waals surface area contributed by atoms with Crippen LogP contribution in [0.25, 0.3) is 11.1 Å². The first kappa shape index (κ1) is 20.5. The fourth-order valence-electron chi connectivity index (χ4n) is 3.59. The van der Waals surface area contributed by atoms with Crippen molar-refractivity contribution in [2.45, 2.75) is 49.5 Å². The average Bonchev–Trinajstić information content (AvgIpc) is 3.01. The summed E-state index contributed by atoms with van der Waals surface area (Å²) in [6.45, 7) is 0.0159. The van der Waals surface area contributed by atoms with Crippen LogP contribution in [0.15, 0.2) is 53.4 Å². The molecule has 1 saturated carbocycles. The molecule has 4 nitrogen and oxygen atoms in total. The number of carbonyl (C=O) groups excluding carboxylic acids is 2. The quantitative estimate of drug-likeness (QED) is 0.552. The minimum Gasteiger partial charge on any atom is -0.352 e. The van der Waals surface area contributed by atoms with Crippen molar-refractivity contribution in [1.29, 1.82) is 0 Å². The first-order valence-corrected chi connectivity index (χ1v) is 11.2. The molecule has 0 aliphatic heterocycles. The first-order valence-electron chi connectivity index (χ1n) is 9.98. The summed E-state index contributed by atoms with van der Waals surface area (Å²) in [6, 6.07) is 16.0.